The first kappa shape index (κ1) is 20.8. The molecule has 0 N–H and O–H groups in total. The normalized spacial score (nSPS) is 12.8. The van der Waals surface area contributed by atoms with Gasteiger partial charge in [0, 0.05) is 32.4 Å². The summed E-state index contributed by atoms with van der Waals surface area (Å²) >= 11 is 0. The Labute approximate surface area is 159 Å². The largest absolute Gasteiger partial charge is 0.361 e. The molecule has 146 valence electrons. The smallest absolute Gasteiger partial charge is 0.293 e. The van der Waals surface area contributed by atoms with E-state index in [1.807, 2.05) is 19.1 Å². The lowest BCUT2D eigenvalue weighted by atomic mass is 10.1. The molecular formula is C18H24N4O4S. The minimum Gasteiger partial charge on any atom is -0.361 e. The van der Waals surface area contributed by atoms with Gasteiger partial charge in [0.1, 0.15) is 5.69 Å². The molecule has 8 nitrogen and oxygen atoms in total. The van der Waals surface area contributed by atoms with Crippen LogP contribution in [0.2, 0.25) is 0 Å². The van der Waals surface area contributed by atoms with E-state index in [1.165, 1.54) is 16.4 Å². The minimum absolute atomic E-state index is 0.0828. The predicted octanol–water partition coefficient (Wildman–Crippen LogP) is 3.22. The van der Waals surface area contributed by atoms with Gasteiger partial charge >= 0.3 is 0 Å². The first-order chi connectivity index (χ1) is 12.7. The Morgan fingerprint density at radius 3 is 2.37 bits per heavy atom. The molecule has 0 saturated heterocycles. The molecule has 0 aliphatic heterocycles. The standard InChI is InChI=1S/C18H24N4O4S/c1-5-21(6-2)27(25,26)15-10-11-17(18(13-15)22(23)24)20(4)14(3)16-9-7-8-12-19-16/h7-14H,5-6H2,1-4H3. The third kappa shape index (κ3) is 4.25. The third-order valence-electron chi connectivity index (χ3n) is 4.56. The summed E-state index contributed by atoms with van der Waals surface area (Å²) in [5, 5.41) is 11.6. The van der Waals surface area contributed by atoms with Gasteiger partial charge in [0.05, 0.1) is 21.6 Å². The van der Waals surface area contributed by atoms with Crippen molar-refractivity contribution in [1.82, 2.24) is 9.29 Å². The van der Waals surface area contributed by atoms with Crippen LogP contribution in [0.1, 0.15) is 32.5 Å². The van der Waals surface area contributed by atoms with Crippen molar-refractivity contribution >= 4 is 21.4 Å². The molecule has 1 aromatic heterocycles. The number of anilines is 1. The van der Waals surface area contributed by atoms with E-state index in [-0.39, 0.29) is 16.6 Å². The van der Waals surface area contributed by atoms with Crippen LogP contribution in [0, 0.1) is 10.1 Å². The SMILES string of the molecule is CCN(CC)S(=O)(=O)c1ccc(N(C)C(C)c2ccccn2)c([N+](=O)[O-])c1. The van der Waals surface area contributed by atoms with E-state index < -0.39 is 14.9 Å². The molecule has 1 atom stereocenters. The van der Waals surface area contributed by atoms with Gasteiger partial charge < -0.3 is 4.90 Å². The first-order valence-electron chi connectivity index (χ1n) is 8.66. The summed E-state index contributed by atoms with van der Waals surface area (Å²) in [5.74, 6) is 0. The molecule has 0 fully saturated rings. The molecule has 9 heteroatoms. The molecule has 0 spiro atoms. The van der Waals surface area contributed by atoms with Crippen molar-refractivity contribution < 1.29 is 13.3 Å². The average molecular weight is 392 g/mol. The second-order valence-corrected chi connectivity index (χ2v) is 7.98. The summed E-state index contributed by atoms with van der Waals surface area (Å²) < 4.78 is 26.6. The predicted molar refractivity (Wildman–Crippen MR) is 104 cm³/mol. The van der Waals surface area contributed by atoms with E-state index in [2.05, 4.69) is 4.98 Å². The lowest BCUT2D eigenvalue weighted by molar-refractivity contribution is -0.384. The topological polar surface area (TPSA) is 96.7 Å². The highest BCUT2D eigenvalue weighted by molar-refractivity contribution is 7.89. The van der Waals surface area contributed by atoms with Crippen molar-refractivity contribution in [2.24, 2.45) is 0 Å². The number of pyridine rings is 1. The van der Waals surface area contributed by atoms with E-state index >= 15 is 0 Å². The van der Waals surface area contributed by atoms with Gasteiger partial charge in [0.25, 0.3) is 5.69 Å². The fourth-order valence-corrected chi connectivity index (χ4v) is 4.33. The summed E-state index contributed by atoms with van der Waals surface area (Å²) in [5.41, 5.74) is 0.833. The van der Waals surface area contributed by atoms with Crippen LogP contribution in [-0.4, -0.2) is 42.8 Å². The fourth-order valence-electron chi connectivity index (χ4n) is 2.85. The van der Waals surface area contributed by atoms with Gasteiger partial charge in [0.2, 0.25) is 10.0 Å². The summed E-state index contributed by atoms with van der Waals surface area (Å²) in [4.78, 5) is 17.0. The number of benzene rings is 1. The highest BCUT2D eigenvalue weighted by atomic mass is 32.2. The highest BCUT2D eigenvalue weighted by Crippen LogP contribution is 2.34. The zero-order valence-corrected chi connectivity index (χ0v) is 16.7. The summed E-state index contributed by atoms with van der Waals surface area (Å²) in [6, 6.07) is 9.28. The van der Waals surface area contributed by atoms with E-state index in [1.54, 1.807) is 38.1 Å². The number of nitro groups is 1. The second kappa shape index (κ2) is 8.45. The average Bonchev–Trinajstić information content (AvgIpc) is 2.67. The van der Waals surface area contributed by atoms with Crippen LogP contribution in [0.15, 0.2) is 47.5 Å². The molecule has 0 aliphatic rings. The van der Waals surface area contributed by atoms with Crippen LogP contribution in [-0.2, 0) is 10.0 Å². The van der Waals surface area contributed by atoms with Crippen LogP contribution in [0.3, 0.4) is 0 Å². The van der Waals surface area contributed by atoms with Crippen molar-refractivity contribution in [2.45, 2.75) is 31.7 Å². The maximum Gasteiger partial charge on any atom is 0.293 e. The Bertz CT molecular complexity index is 899. The summed E-state index contributed by atoms with van der Waals surface area (Å²) in [6.07, 6.45) is 1.66. The van der Waals surface area contributed by atoms with Gasteiger partial charge in [0.15, 0.2) is 0 Å². The number of hydrogen-bond donors (Lipinski definition) is 0. The van der Waals surface area contributed by atoms with E-state index in [0.717, 1.165) is 11.8 Å². The number of aromatic nitrogens is 1. The molecule has 2 aromatic rings. The quantitative estimate of drug-likeness (QED) is 0.505. The van der Waals surface area contributed by atoms with Gasteiger partial charge in [-0.1, -0.05) is 19.9 Å². The van der Waals surface area contributed by atoms with E-state index in [9.17, 15) is 18.5 Å². The van der Waals surface area contributed by atoms with Crippen molar-refractivity contribution in [1.29, 1.82) is 0 Å². The van der Waals surface area contributed by atoms with Crippen LogP contribution < -0.4 is 4.90 Å². The number of nitrogens with zero attached hydrogens (tertiary/aromatic N) is 4. The lowest BCUT2D eigenvalue weighted by Crippen LogP contribution is -2.30. The minimum atomic E-state index is -3.77. The fraction of sp³-hybridized carbons (Fsp3) is 0.389. The molecule has 1 heterocycles. The van der Waals surface area contributed by atoms with Crippen molar-refractivity contribution in [3.05, 3.63) is 58.4 Å². The van der Waals surface area contributed by atoms with Crippen LogP contribution in [0.25, 0.3) is 0 Å². The summed E-state index contributed by atoms with van der Waals surface area (Å²) in [7, 11) is -2.05. The van der Waals surface area contributed by atoms with Crippen molar-refractivity contribution in [3.63, 3.8) is 0 Å². The zero-order valence-electron chi connectivity index (χ0n) is 15.9. The third-order valence-corrected chi connectivity index (χ3v) is 6.61. The monoisotopic (exact) mass is 392 g/mol. The number of nitro benzene ring substituents is 1. The number of sulfonamides is 1. The van der Waals surface area contributed by atoms with Crippen LogP contribution in [0.4, 0.5) is 11.4 Å². The lowest BCUT2D eigenvalue weighted by Gasteiger charge is -2.26. The van der Waals surface area contributed by atoms with E-state index in [4.69, 9.17) is 0 Å². The Kier molecular flexibility index (Phi) is 6.50. The maximum atomic E-state index is 12.7. The molecule has 1 aromatic carbocycles. The molecule has 1 unspecified atom stereocenters. The zero-order chi connectivity index (χ0) is 20.2. The number of hydrogen-bond acceptors (Lipinski definition) is 6. The molecule has 0 radical (unpaired) electrons. The molecule has 0 bridgehead atoms. The molecule has 27 heavy (non-hydrogen) atoms. The molecule has 0 aliphatic carbocycles. The Morgan fingerprint density at radius 1 is 1.19 bits per heavy atom. The highest BCUT2D eigenvalue weighted by Gasteiger charge is 2.28. The van der Waals surface area contributed by atoms with Gasteiger partial charge in [-0.05, 0) is 31.2 Å². The van der Waals surface area contributed by atoms with Crippen LogP contribution >= 0.6 is 0 Å². The number of rotatable bonds is 8. The molecule has 0 amide bonds. The second-order valence-electron chi connectivity index (χ2n) is 6.04. The Balaban J connectivity index is 2.49. The summed E-state index contributed by atoms with van der Waals surface area (Å²) in [6.45, 7) is 5.93. The van der Waals surface area contributed by atoms with Crippen LogP contribution in [0.5, 0.6) is 0 Å². The first-order valence-corrected chi connectivity index (χ1v) is 10.1. The Morgan fingerprint density at radius 2 is 1.85 bits per heavy atom. The van der Waals surface area contributed by atoms with Gasteiger partial charge in [-0.25, -0.2) is 8.42 Å². The van der Waals surface area contributed by atoms with Crippen molar-refractivity contribution in [3.8, 4) is 0 Å². The van der Waals surface area contributed by atoms with E-state index in [0.29, 0.717) is 18.8 Å². The van der Waals surface area contributed by atoms with Crippen molar-refractivity contribution in [2.75, 3.05) is 25.0 Å². The van der Waals surface area contributed by atoms with Gasteiger partial charge in [-0.2, -0.15) is 4.31 Å². The van der Waals surface area contributed by atoms with Gasteiger partial charge in [-0.15, -0.1) is 0 Å². The maximum absolute atomic E-state index is 12.7. The molecular weight excluding hydrogens is 368 g/mol. The molecule has 0 saturated carbocycles. The van der Waals surface area contributed by atoms with Gasteiger partial charge in [-0.3, -0.25) is 15.1 Å². The Hall–Kier alpha value is -2.52. The molecule has 2 rings (SSSR count).